The molecule has 2 bridgehead atoms. The normalized spacial score (nSPS) is 19.2. The van der Waals surface area contributed by atoms with E-state index >= 15 is 0 Å². The van der Waals surface area contributed by atoms with Gasteiger partial charge >= 0.3 is 0 Å². The number of ether oxygens (including phenoxy) is 1. The lowest BCUT2D eigenvalue weighted by atomic mass is 9.83. The highest BCUT2D eigenvalue weighted by molar-refractivity contribution is 5.92. The van der Waals surface area contributed by atoms with Crippen LogP contribution in [0.3, 0.4) is 0 Å². The summed E-state index contributed by atoms with van der Waals surface area (Å²) in [7, 11) is 1.64. The molecular weight excluding hydrogens is 404 g/mol. The first-order valence-corrected chi connectivity index (χ1v) is 10.9. The summed E-state index contributed by atoms with van der Waals surface area (Å²) < 4.78 is 7.10. The summed E-state index contributed by atoms with van der Waals surface area (Å²) in [5.41, 5.74) is 3.18. The molecule has 7 heteroatoms. The lowest BCUT2D eigenvalue weighted by molar-refractivity contribution is 0.0589. The maximum atomic E-state index is 13.2. The third kappa shape index (κ3) is 3.86. The molecule has 2 atom stereocenters. The summed E-state index contributed by atoms with van der Waals surface area (Å²) in [5, 5.41) is 3.28. The number of nitrogens with one attached hydrogen (secondary N) is 1. The molecule has 164 valence electrons. The zero-order valence-corrected chi connectivity index (χ0v) is 18.0. The first-order chi connectivity index (χ1) is 15.6. The molecule has 5 rings (SSSR count). The Balaban J connectivity index is 1.33. The fraction of sp³-hybridized carbons (Fsp3) is 0.320. The van der Waals surface area contributed by atoms with Gasteiger partial charge < -0.3 is 19.5 Å². The van der Waals surface area contributed by atoms with Crippen LogP contribution in [0.2, 0.25) is 0 Å². The summed E-state index contributed by atoms with van der Waals surface area (Å²) in [4.78, 5) is 32.2. The first-order valence-electron chi connectivity index (χ1n) is 10.9. The van der Waals surface area contributed by atoms with Crippen molar-refractivity contribution in [1.29, 1.82) is 0 Å². The Morgan fingerprint density at radius 3 is 2.69 bits per heavy atom. The zero-order chi connectivity index (χ0) is 22.1. The molecule has 2 aliphatic heterocycles. The fourth-order valence-corrected chi connectivity index (χ4v) is 4.84. The van der Waals surface area contributed by atoms with E-state index in [4.69, 9.17) is 4.74 Å². The van der Waals surface area contributed by atoms with Gasteiger partial charge in [0, 0.05) is 44.0 Å². The standard InChI is InChI=1S/C25H26N4O3/c1-32-20-7-5-17(6-8-20)13-27-22-9-10-23-19-12-18(15-29(23)25(22)31)14-28(16-19)24(30)21-4-2-3-11-26-21/h2-11,18-19,27H,12-16H2,1H3/t18-,19+/m0/s1. The maximum Gasteiger partial charge on any atom is 0.274 e. The highest BCUT2D eigenvalue weighted by Gasteiger charge is 2.37. The van der Waals surface area contributed by atoms with Crippen LogP contribution >= 0.6 is 0 Å². The van der Waals surface area contributed by atoms with Crippen molar-refractivity contribution in [2.75, 3.05) is 25.5 Å². The average Bonchev–Trinajstić information content (AvgIpc) is 2.84. The summed E-state index contributed by atoms with van der Waals surface area (Å²) >= 11 is 0. The van der Waals surface area contributed by atoms with Crippen molar-refractivity contribution < 1.29 is 9.53 Å². The van der Waals surface area contributed by atoms with Crippen LogP contribution in [0.5, 0.6) is 5.75 Å². The molecule has 2 aromatic heterocycles. The Morgan fingerprint density at radius 2 is 1.94 bits per heavy atom. The van der Waals surface area contributed by atoms with E-state index in [2.05, 4.69) is 10.3 Å². The molecule has 0 spiro atoms. The molecule has 3 aromatic rings. The van der Waals surface area contributed by atoms with Crippen molar-refractivity contribution in [2.24, 2.45) is 5.92 Å². The predicted molar refractivity (Wildman–Crippen MR) is 122 cm³/mol. The molecule has 1 saturated heterocycles. The number of amides is 1. The Hall–Kier alpha value is -3.61. The number of carbonyl (C=O) groups excluding carboxylic acids is 1. The third-order valence-electron chi connectivity index (χ3n) is 6.42. The molecule has 0 radical (unpaired) electrons. The topological polar surface area (TPSA) is 76.5 Å². The monoisotopic (exact) mass is 430 g/mol. The van der Waals surface area contributed by atoms with Crippen LogP contribution in [0.15, 0.2) is 65.6 Å². The molecular formula is C25H26N4O3. The van der Waals surface area contributed by atoms with Crippen LogP contribution in [-0.4, -0.2) is 40.6 Å². The minimum atomic E-state index is -0.0334. The van der Waals surface area contributed by atoms with Gasteiger partial charge in [-0.3, -0.25) is 14.6 Å². The largest absolute Gasteiger partial charge is 0.497 e. The second-order valence-corrected chi connectivity index (χ2v) is 8.51. The minimum Gasteiger partial charge on any atom is -0.497 e. The number of fused-ring (bicyclic) bond motifs is 4. The Bertz CT molecular complexity index is 1170. The number of methoxy groups -OCH3 is 1. The number of rotatable bonds is 5. The lowest BCUT2D eigenvalue weighted by Crippen LogP contribution is -2.49. The van der Waals surface area contributed by atoms with E-state index in [0.29, 0.717) is 37.6 Å². The van der Waals surface area contributed by atoms with Gasteiger partial charge in [-0.1, -0.05) is 18.2 Å². The Kier molecular flexibility index (Phi) is 5.39. The van der Waals surface area contributed by atoms with Crippen LogP contribution in [-0.2, 0) is 13.1 Å². The van der Waals surface area contributed by atoms with Gasteiger partial charge in [0.05, 0.1) is 7.11 Å². The number of benzene rings is 1. The molecule has 0 unspecified atom stereocenters. The highest BCUT2D eigenvalue weighted by Crippen LogP contribution is 2.35. The van der Waals surface area contributed by atoms with Gasteiger partial charge in [-0.25, -0.2) is 0 Å². The van der Waals surface area contributed by atoms with E-state index in [1.54, 1.807) is 19.4 Å². The SMILES string of the molecule is COc1ccc(CNc2ccc3n(c2=O)C[C@H]2C[C@@H]3CN(C(=O)c3ccccn3)C2)cc1. The molecule has 2 aliphatic rings. The van der Waals surface area contributed by atoms with Gasteiger partial charge in [-0.05, 0) is 54.3 Å². The van der Waals surface area contributed by atoms with E-state index in [1.165, 1.54) is 0 Å². The Labute approximate surface area is 186 Å². The molecule has 4 heterocycles. The van der Waals surface area contributed by atoms with Crippen LogP contribution in [0, 0.1) is 5.92 Å². The predicted octanol–water partition coefficient (Wildman–Crippen LogP) is 3.12. The van der Waals surface area contributed by atoms with Crippen LogP contribution in [0.4, 0.5) is 5.69 Å². The summed E-state index contributed by atoms with van der Waals surface area (Å²) in [5.74, 6) is 1.21. The lowest BCUT2D eigenvalue weighted by Gasteiger charge is -2.42. The fourth-order valence-electron chi connectivity index (χ4n) is 4.84. The van der Waals surface area contributed by atoms with Crippen molar-refractivity contribution in [2.45, 2.75) is 25.4 Å². The van der Waals surface area contributed by atoms with Crippen molar-refractivity contribution in [3.05, 3.63) is 88.1 Å². The Morgan fingerprint density at radius 1 is 1.09 bits per heavy atom. The van der Waals surface area contributed by atoms with Crippen molar-refractivity contribution in [3.8, 4) is 5.75 Å². The van der Waals surface area contributed by atoms with Crippen molar-refractivity contribution in [3.63, 3.8) is 0 Å². The molecule has 7 nitrogen and oxygen atoms in total. The summed E-state index contributed by atoms with van der Waals surface area (Å²) in [6.45, 7) is 2.47. The number of nitrogens with zero attached hydrogens (tertiary/aromatic N) is 3. The van der Waals surface area contributed by atoms with Gasteiger partial charge in [0.1, 0.15) is 17.1 Å². The molecule has 1 amide bonds. The van der Waals surface area contributed by atoms with Gasteiger partial charge in [-0.2, -0.15) is 0 Å². The zero-order valence-electron chi connectivity index (χ0n) is 18.0. The van der Waals surface area contributed by atoms with Gasteiger partial charge in [0.15, 0.2) is 0 Å². The van der Waals surface area contributed by atoms with Crippen LogP contribution in [0.25, 0.3) is 0 Å². The smallest absolute Gasteiger partial charge is 0.274 e. The number of hydrogen-bond donors (Lipinski definition) is 1. The molecule has 32 heavy (non-hydrogen) atoms. The first kappa shape index (κ1) is 20.3. The third-order valence-corrected chi connectivity index (χ3v) is 6.42. The second-order valence-electron chi connectivity index (χ2n) is 8.51. The number of aromatic nitrogens is 2. The van der Waals surface area contributed by atoms with E-state index < -0.39 is 0 Å². The van der Waals surface area contributed by atoms with E-state index in [0.717, 1.165) is 23.4 Å². The highest BCUT2D eigenvalue weighted by atomic mass is 16.5. The second kappa shape index (κ2) is 8.49. The molecule has 0 aliphatic carbocycles. The average molecular weight is 431 g/mol. The quantitative estimate of drug-likeness (QED) is 0.673. The summed E-state index contributed by atoms with van der Waals surface area (Å²) in [6.07, 6.45) is 2.65. The van der Waals surface area contributed by atoms with Crippen molar-refractivity contribution >= 4 is 11.6 Å². The van der Waals surface area contributed by atoms with Crippen LogP contribution < -0.4 is 15.6 Å². The number of anilines is 1. The van der Waals surface area contributed by atoms with E-state index in [-0.39, 0.29) is 23.3 Å². The molecule has 1 aromatic carbocycles. The number of piperidine rings is 1. The van der Waals surface area contributed by atoms with E-state index in [9.17, 15) is 9.59 Å². The minimum absolute atomic E-state index is 0.00946. The van der Waals surface area contributed by atoms with Gasteiger partial charge in [-0.15, -0.1) is 0 Å². The van der Waals surface area contributed by atoms with Crippen LogP contribution in [0.1, 0.15) is 34.1 Å². The molecule has 0 saturated carbocycles. The van der Waals surface area contributed by atoms with Crippen molar-refractivity contribution in [1.82, 2.24) is 14.5 Å². The molecule has 1 N–H and O–H groups in total. The number of likely N-dealkylation sites (tertiary alicyclic amines) is 1. The van der Waals surface area contributed by atoms with E-state index in [1.807, 2.05) is 58.0 Å². The number of carbonyl (C=O) groups is 1. The van der Waals surface area contributed by atoms with Gasteiger partial charge in [0.2, 0.25) is 0 Å². The maximum absolute atomic E-state index is 13.2. The van der Waals surface area contributed by atoms with Gasteiger partial charge in [0.25, 0.3) is 11.5 Å². The molecule has 1 fully saturated rings. The number of hydrogen-bond acceptors (Lipinski definition) is 5. The number of pyridine rings is 2. The summed E-state index contributed by atoms with van der Waals surface area (Å²) in [6, 6.07) is 17.1.